The van der Waals surface area contributed by atoms with E-state index in [9.17, 15) is 0 Å². The van der Waals surface area contributed by atoms with Crippen molar-refractivity contribution in [2.24, 2.45) is 5.41 Å². The monoisotopic (exact) mass is 305 g/mol. The number of hydrogen-bond acceptors (Lipinski definition) is 2. The molecule has 0 fully saturated rings. The number of benzene rings is 1. The van der Waals surface area contributed by atoms with Gasteiger partial charge in [-0.25, -0.2) is 0 Å². The Morgan fingerprint density at radius 2 is 2.15 bits per heavy atom. The van der Waals surface area contributed by atoms with Gasteiger partial charge in [-0.1, -0.05) is 37.6 Å². The van der Waals surface area contributed by atoms with Gasteiger partial charge in [0, 0.05) is 22.0 Å². The molecule has 0 bridgehead atoms. The summed E-state index contributed by atoms with van der Waals surface area (Å²) in [5.41, 5.74) is 3.01. The van der Waals surface area contributed by atoms with E-state index in [1.165, 1.54) is 16.0 Å². The van der Waals surface area contributed by atoms with Crippen molar-refractivity contribution in [3.63, 3.8) is 0 Å². The second kappa shape index (κ2) is 5.18. The molecule has 1 unspecified atom stereocenters. The number of nitrogens with one attached hydrogen (secondary N) is 1. The SMILES string of the molecule is C[C@H](NC1c2cc(Cl)ccc2CC1(C)C)c1cccs1. The highest BCUT2D eigenvalue weighted by atomic mass is 35.5. The number of rotatable bonds is 3. The summed E-state index contributed by atoms with van der Waals surface area (Å²) in [6, 6.07) is 11.3. The Labute approximate surface area is 130 Å². The third-order valence-corrected chi connectivity index (χ3v) is 5.52. The van der Waals surface area contributed by atoms with Gasteiger partial charge in [0.25, 0.3) is 0 Å². The summed E-state index contributed by atoms with van der Waals surface area (Å²) in [7, 11) is 0. The number of halogens is 1. The van der Waals surface area contributed by atoms with Gasteiger partial charge in [-0.2, -0.15) is 0 Å². The molecule has 2 atom stereocenters. The molecule has 1 heterocycles. The lowest BCUT2D eigenvalue weighted by Crippen LogP contribution is -2.32. The average Bonchev–Trinajstić information content (AvgIpc) is 2.98. The van der Waals surface area contributed by atoms with Crippen molar-refractivity contribution in [1.82, 2.24) is 5.32 Å². The Balaban J connectivity index is 1.90. The van der Waals surface area contributed by atoms with Crippen molar-refractivity contribution in [2.75, 3.05) is 0 Å². The van der Waals surface area contributed by atoms with Crippen LogP contribution >= 0.6 is 22.9 Å². The molecule has 1 aliphatic carbocycles. The molecule has 3 rings (SSSR count). The second-order valence-electron chi connectivity index (χ2n) is 6.35. The first-order valence-corrected chi connectivity index (χ1v) is 8.31. The quantitative estimate of drug-likeness (QED) is 0.803. The fourth-order valence-electron chi connectivity index (χ4n) is 3.19. The first-order valence-electron chi connectivity index (χ1n) is 7.05. The van der Waals surface area contributed by atoms with Crippen LogP contribution in [0.15, 0.2) is 35.7 Å². The van der Waals surface area contributed by atoms with Crippen LogP contribution < -0.4 is 5.32 Å². The minimum absolute atomic E-state index is 0.221. The molecule has 106 valence electrons. The smallest absolute Gasteiger partial charge is 0.0409 e. The fourth-order valence-corrected chi connectivity index (χ4v) is 4.12. The van der Waals surface area contributed by atoms with E-state index in [2.05, 4.69) is 55.7 Å². The van der Waals surface area contributed by atoms with Gasteiger partial charge in [0.1, 0.15) is 0 Å². The van der Waals surface area contributed by atoms with Crippen molar-refractivity contribution >= 4 is 22.9 Å². The largest absolute Gasteiger partial charge is 0.302 e. The van der Waals surface area contributed by atoms with Crippen LogP contribution in [0.5, 0.6) is 0 Å². The van der Waals surface area contributed by atoms with Crippen LogP contribution in [-0.4, -0.2) is 0 Å². The molecular weight excluding hydrogens is 286 g/mol. The molecule has 0 amide bonds. The van der Waals surface area contributed by atoms with Crippen LogP contribution in [0.3, 0.4) is 0 Å². The van der Waals surface area contributed by atoms with Crippen LogP contribution in [0, 0.1) is 5.41 Å². The maximum atomic E-state index is 6.19. The maximum Gasteiger partial charge on any atom is 0.0409 e. The first-order chi connectivity index (χ1) is 9.47. The van der Waals surface area contributed by atoms with Crippen molar-refractivity contribution in [3.8, 4) is 0 Å². The standard InChI is InChI=1S/C17H20ClNS/c1-11(15-5-4-8-20-15)19-16-14-9-13(18)7-6-12(14)10-17(16,2)3/h4-9,11,16,19H,10H2,1-3H3/t11-,16?/m0/s1. The molecule has 1 aliphatic rings. The van der Waals surface area contributed by atoms with Crippen molar-refractivity contribution in [2.45, 2.75) is 39.3 Å². The van der Waals surface area contributed by atoms with Crippen LogP contribution in [0.4, 0.5) is 0 Å². The zero-order valence-electron chi connectivity index (χ0n) is 12.1. The van der Waals surface area contributed by atoms with Gasteiger partial charge in [0.05, 0.1) is 0 Å². The van der Waals surface area contributed by atoms with E-state index < -0.39 is 0 Å². The molecular formula is C17H20ClNS. The Morgan fingerprint density at radius 1 is 1.35 bits per heavy atom. The predicted molar refractivity (Wildman–Crippen MR) is 87.5 cm³/mol. The molecule has 1 N–H and O–H groups in total. The summed E-state index contributed by atoms with van der Waals surface area (Å²) in [6.07, 6.45) is 1.11. The summed E-state index contributed by atoms with van der Waals surface area (Å²) in [6.45, 7) is 6.91. The normalized spacial score (nSPS) is 21.7. The van der Waals surface area contributed by atoms with Crippen molar-refractivity contribution in [3.05, 3.63) is 56.7 Å². The maximum absolute atomic E-state index is 6.19. The minimum atomic E-state index is 0.221. The molecule has 0 aliphatic heterocycles. The van der Waals surface area contributed by atoms with Crippen LogP contribution in [0.1, 0.15) is 48.9 Å². The van der Waals surface area contributed by atoms with Crippen molar-refractivity contribution in [1.29, 1.82) is 0 Å². The van der Waals surface area contributed by atoms with E-state index in [1.807, 2.05) is 17.4 Å². The van der Waals surface area contributed by atoms with Crippen LogP contribution in [0.2, 0.25) is 5.02 Å². The van der Waals surface area contributed by atoms with Gasteiger partial charge in [0.15, 0.2) is 0 Å². The topological polar surface area (TPSA) is 12.0 Å². The average molecular weight is 306 g/mol. The van der Waals surface area contributed by atoms with Gasteiger partial charge in [-0.3, -0.25) is 0 Å². The molecule has 1 aromatic carbocycles. The molecule has 1 nitrogen and oxygen atoms in total. The Hall–Kier alpha value is -0.830. The lowest BCUT2D eigenvalue weighted by molar-refractivity contribution is 0.253. The summed E-state index contributed by atoms with van der Waals surface area (Å²) in [5.74, 6) is 0. The van der Waals surface area contributed by atoms with Crippen LogP contribution in [0.25, 0.3) is 0 Å². The lowest BCUT2D eigenvalue weighted by atomic mass is 9.85. The zero-order chi connectivity index (χ0) is 14.3. The Kier molecular flexibility index (Phi) is 3.65. The predicted octanol–water partition coefficient (Wildman–Crippen LogP) is 5.38. The van der Waals surface area contributed by atoms with Crippen LogP contribution in [-0.2, 0) is 6.42 Å². The summed E-state index contributed by atoms with van der Waals surface area (Å²) >= 11 is 8.00. The summed E-state index contributed by atoms with van der Waals surface area (Å²) in [4.78, 5) is 1.39. The van der Waals surface area contributed by atoms with Gasteiger partial charge in [0.2, 0.25) is 0 Å². The van der Waals surface area contributed by atoms with E-state index in [0.717, 1.165) is 11.4 Å². The highest BCUT2D eigenvalue weighted by Gasteiger charge is 2.39. The number of fused-ring (bicyclic) bond motifs is 1. The van der Waals surface area contributed by atoms with E-state index in [1.54, 1.807) is 0 Å². The summed E-state index contributed by atoms with van der Waals surface area (Å²) < 4.78 is 0. The van der Waals surface area contributed by atoms with Crippen molar-refractivity contribution < 1.29 is 0 Å². The number of thiophene rings is 1. The van der Waals surface area contributed by atoms with E-state index >= 15 is 0 Å². The lowest BCUT2D eigenvalue weighted by Gasteiger charge is -2.31. The summed E-state index contributed by atoms with van der Waals surface area (Å²) in [5, 5.41) is 6.77. The van der Waals surface area contributed by atoms with Gasteiger partial charge >= 0.3 is 0 Å². The molecule has 0 radical (unpaired) electrons. The molecule has 3 heteroatoms. The zero-order valence-corrected chi connectivity index (χ0v) is 13.7. The molecule has 2 aromatic rings. The second-order valence-corrected chi connectivity index (χ2v) is 7.76. The fraction of sp³-hybridized carbons (Fsp3) is 0.412. The minimum Gasteiger partial charge on any atom is -0.302 e. The number of hydrogen-bond donors (Lipinski definition) is 1. The molecule has 0 saturated heterocycles. The molecule has 1 aromatic heterocycles. The van der Waals surface area contributed by atoms with E-state index in [-0.39, 0.29) is 5.41 Å². The highest BCUT2D eigenvalue weighted by molar-refractivity contribution is 7.10. The van der Waals surface area contributed by atoms with Gasteiger partial charge < -0.3 is 5.32 Å². The highest BCUT2D eigenvalue weighted by Crippen LogP contribution is 2.47. The van der Waals surface area contributed by atoms with E-state index in [4.69, 9.17) is 11.6 Å². The van der Waals surface area contributed by atoms with Gasteiger partial charge in [-0.05, 0) is 53.5 Å². The van der Waals surface area contributed by atoms with Gasteiger partial charge in [-0.15, -0.1) is 11.3 Å². The first kappa shape index (κ1) is 14.1. The Bertz CT molecular complexity index is 603. The molecule has 0 spiro atoms. The van der Waals surface area contributed by atoms with E-state index in [0.29, 0.717) is 12.1 Å². The third kappa shape index (κ3) is 2.52. The molecule has 0 saturated carbocycles. The molecule has 20 heavy (non-hydrogen) atoms. The Morgan fingerprint density at radius 3 is 2.85 bits per heavy atom. The third-order valence-electron chi connectivity index (χ3n) is 4.23.